The average molecular weight is 1330 g/mol. The number of hydrogen-bond acceptors (Lipinski definition) is 32. The van der Waals surface area contributed by atoms with Crippen LogP contribution in [0.4, 0.5) is 17.8 Å². The molecule has 10 N–H and O–H groups in total. The molecule has 0 aliphatic carbocycles. The van der Waals surface area contributed by atoms with E-state index in [0.29, 0.717) is 0 Å². The Bertz CT molecular complexity index is 4130. The van der Waals surface area contributed by atoms with Gasteiger partial charge in [-0.05, 0) is 13.8 Å². The topological polar surface area (TPSA) is 521 Å². The number of carbonyl (C=O) groups excluding carboxylic acids is 6. The minimum Gasteiger partial charge on any atom is -0.476 e. The number of aliphatic hydroxyl groups excluding tert-OH is 3. The molecule has 6 aromatic heterocycles. The highest BCUT2D eigenvalue weighted by Crippen LogP contribution is 2.39. The summed E-state index contributed by atoms with van der Waals surface area (Å²) in [6, 6.07) is 0. The van der Waals surface area contributed by atoms with Crippen LogP contribution in [-0.2, 0) is 91.0 Å². The summed E-state index contributed by atoms with van der Waals surface area (Å²) >= 11 is 0. The molecule has 0 aromatic carbocycles. The van der Waals surface area contributed by atoms with Crippen LogP contribution in [0.25, 0.3) is 33.5 Å². The maximum Gasteiger partial charge on any atom is 0.333 e. The number of carbonyl (C=O) groups is 6. The van der Waals surface area contributed by atoms with Crippen molar-refractivity contribution in [1.82, 2.24) is 57.3 Å². The van der Waals surface area contributed by atoms with Crippen molar-refractivity contribution in [3.63, 3.8) is 0 Å². The van der Waals surface area contributed by atoms with Gasteiger partial charge < -0.3 is 84.6 Å². The van der Waals surface area contributed by atoms with E-state index in [2.05, 4.69) is 49.6 Å². The second-order valence-corrected chi connectivity index (χ2v) is 20.5. The van der Waals surface area contributed by atoms with E-state index in [-0.39, 0.29) is 109 Å². The fraction of sp³-hybridized carbons (Fsp3) is 0.509. The van der Waals surface area contributed by atoms with Crippen molar-refractivity contribution in [1.29, 1.82) is 0 Å². The number of nitrogens with one attached hydrogen (secondary N) is 1. The van der Waals surface area contributed by atoms with Gasteiger partial charge in [0.2, 0.25) is 29.6 Å². The lowest BCUT2D eigenvalue weighted by atomic mass is 10.1. The molecule has 6 aromatic rings. The second-order valence-electron chi connectivity index (χ2n) is 20.5. The third-order valence-corrected chi connectivity index (χ3v) is 13.9. The van der Waals surface area contributed by atoms with Crippen LogP contribution in [0.3, 0.4) is 0 Å². The number of aromatic nitrogens is 12. The number of nitrogens with zero attached hydrogens (tertiary/aromatic N) is 11. The normalized spacial score (nSPS) is 22.9. The minimum absolute atomic E-state index is 0.0321. The first-order valence-electron chi connectivity index (χ1n) is 28.6. The van der Waals surface area contributed by atoms with Crippen molar-refractivity contribution in [2.24, 2.45) is 0 Å². The predicted octanol–water partition coefficient (Wildman–Crippen LogP) is -2.57. The second kappa shape index (κ2) is 30.4. The number of rotatable bonds is 22. The van der Waals surface area contributed by atoms with Crippen LogP contribution in [0.1, 0.15) is 74.1 Å². The summed E-state index contributed by atoms with van der Waals surface area (Å²) in [6.45, 7) is 20.7. The van der Waals surface area contributed by atoms with Crippen LogP contribution in [0.2, 0.25) is 0 Å². The minimum atomic E-state index is -1.45. The molecule has 0 bridgehead atoms. The molecule has 3 saturated heterocycles. The number of ether oxygens (including phenoxy) is 11. The lowest BCUT2D eigenvalue weighted by molar-refractivity contribution is -0.166. The first kappa shape index (κ1) is 71.1. The van der Waals surface area contributed by atoms with Crippen molar-refractivity contribution < 1.29 is 96.2 Å². The highest BCUT2D eigenvalue weighted by Gasteiger charge is 2.54. The zero-order valence-electron chi connectivity index (χ0n) is 52.0. The molecule has 510 valence electrons. The maximum atomic E-state index is 13.6. The van der Waals surface area contributed by atoms with E-state index >= 15 is 0 Å². The van der Waals surface area contributed by atoms with Gasteiger partial charge in [-0.25, -0.2) is 28.1 Å². The number of esters is 6. The highest BCUT2D eigenvalue weighted by atomic mass is 16.7. The highest BCUT2D eigenvalue weighted by molar-refractivity contribution is 5.80. The molecular weight excluding hydrogens is 1250 g/mol. The van der Waals surface area contributed by atoms with Crippen molar-refractivity contribution >= 4 is 87.2 Å². The molecule has 39 nitrogen and oxygen atoms in total. The van der Waals surface area contributed by atoms with Gasteiger partial charge in [0, 0.05) is 61.2 Å². The maximum absolute atomic E-state index is 13.6. The number of allylic oxidation sites excluding steroid dienone is 3. The Balaban J connectivity index is 0.000000202. The van der Waals surface area contributed by atoms with E-state index < -0.39 is 139 Å². The fourth-order valence-electron chi connectivity index (χ4n) is 10.5. The lowest BCUT2D eigenvalue weighted by Crippen LogP contribution is -2.41. The molecule has 9 rings (SSSR count). The number of aromatic amines is 1. The van der Waals surface area contributed by atoms with Gasteiger partial charge in [0.05, 0.1) is 19.8 Å². The summed E-state index contributed by atoms with van der Waals surface area (Å²) in [7, 11) is 0. The Morgan fingerprint density at radius 2 is 0.862 bits per heavy atom. The number of nitrogens with two attached hydrogens (primary N) is 3. The monoisotopic (exact) mass is 1330 g/mol. The third-order valence-electron chi connectivity index (χ3n) is 13.9. The van der Waals surface area contributed by atoms with E-state index in [4.69, 9.17) is 69.3 Å². The molecule has 0 amide bonds. The van der Waals surface area contributed by atoms with E-state index in [1.807, 2.05) is 0 Å². The van der Waals surface area contributed by atoms with Gasteiger partial charge in [-0.1, -0.05) is 18.2 Å². The Hall–Kier alpha value is -10.4. The Kier molecular flexibility index (Phi) is 23.0. The van der Waals surface area contributed by atoms with Crippen LogP contribution in [0.5, 0.6) is 11.8 Å². The van der Waals surface area contributed by atoms with E-state index in [1.54, 1.807) is 13.8 Å². The van der Waals surface area contributed by atoms with Gasteiger partial charge >= 0.3 is 52.9 Å². The van der Waals surface area contributed by atoms with Gasteiger partial charge in [0.15, 0.2) is 76.6 Å². The van der Waals surface area contributed by atoms with Crippen LogP contribution >= 0.6 is 0 Å². The molecule has 0 saturated carbocycles. The molecule has 94 heavy (non-hydrogen) atoms. The zero-order chi connectivity index (χ0) is 69.3. The fourth-order valence-corrected chi connectivity index (χ4v) is 10.5. The third kappa shape index (κ3) is 14.9. The van der Waals surface area contributed by atoms with Gasteiger partial charge in [-0.15, -0.1) is 19.7 Å². The predicted molar refractivity (Wildman–Crippen MR) is 321 cm³/mol. The Labute approximate surface area is 529 Å². The Morgan fingerprint density at radius 3 is 1.20 bits per heavy atom. The van der Waals surface area contributed by atoms with Gasteiger partial charge in [-0.3, -0.25) is 52.2 Å². The lowest BCUT2D eigenvalue weighted by Gasteiger charge is -2.23. The molecule has 0 radical (unpaired) electrons. The van der Waals surface area contributed by atoms with Crippen LogP contribution < -0.4 is 49.3 Å². The SMILES string of the molecule is C=CCn1c(=O)n([C@@H]2O[C@H](CO)[C@@H](O)[C@H]2O)c2nc(N)nc(OCC)c21.C=CCn1c(=O)n([C@@H]2O[C@H](COC(C)=O)[C@@H](OC(C)=O)[C@H]2OC(C)=O)c2nc(N)[nH]c(=O)c21.C=CCn1c(=O)n([C@@H]2O[C@H](COC(C)=O)[C@@H](OC(C)=O)[C@H]2OC(C)=O)c2nc(N)nc(OCC)c21. The summed E-state index contributed by atoms with van der Waals surface area (Å²) in [5, 5.41) is 29.6. The number of aliphatic hydroxyl groups is 3. The molecule has 39 heteroatoms. The molecule has 0 spiro atoms. The van der Waals surface area contributed by atoms with Crippen LogP contribution in [0.15, 0.2) is 57.1 Å². The largest absolute Gasteiger partial charge is 0.476 e. The van der Waals surface area contributed by atoms with Crippen molar-refractivity contribution in [2.75, 3.05) is 50.2 Å². The standard InChI is InChI=1S/C21H27N5O9.C19H23N5O9.C15H21N5O6/c1-6-8-25-14-17(23-20(22)24-18(14)31-7-2)26(21(25)30)19-16(34-12(5)29)15(33-11(4)28)13(35-19)9-32-10(3)27;1-5-6-23-12-15(21-18(20)22-16(12)28)24(19(23)29)17-14(32-10(4)27)13(31-9(3)26)11(33-17)7-30-8(2)25;1-3-5-19-8-11(17-14(16)18-12(8)25-4-2)20(15(19)24)13-10(23)9(22)7(6-21)26-13/h6,13,15-16,19H,1,7-9H2,2-5H3,(H2,22,23,24);5,11,13-14,17H,1,6-7H2,2-4H3,(H3,20,21,22,28);3,7,9-10,13,21-23H,1,4-6H2,2H3,(H2,16,17,18)/t13-,15-,16-,19-;11-,13-,14-,17-;7-,9-,10-,13-/m111/s1. The summed E-state index contributed by atoms with van der Waals surface area (Å²) in [4.78, 5) is 145. The van der Waals surface area contributed by atoms with E-state index in [1.165, 1.54) is 41.2 Å². The Morgan fingerprint density at radius 1 is 0.511 bits per heavy atom. The van der Waals surface area contributed by atoms with Crippen molar-refractivity contribution in [3.8, 4) is 11.8 Å². The number of anilines is 3. The number of hydrogen-bond donors (Lipinski definition) is 7. The quantitative estimate of drug-likeness (QED) is 0.0209. The number of nitrogen functional groups attached to an aromatic ring is 3. The van der Waals surface area contributed by atoms with E-state index in [9.17, 15) is 63.3 Å². The number of fused-ring (bicyclic) bond motifs is 3. The molecule has 3 fully saturated rings. The van der Waals surface area contributed by atoms with E-state index in [0.717, 1.165) is 46.0 Å². The first-order valence-corrected chi connectivity index (χ1v) is 28.6. The summed E-state index contributed by atoms with van der Waals surface area (Å²) in [6.07, 6.45) is -10.7. The van der Waals surface area contributed by atoms with Crippen molar-refractivity contribution in [3.05, 3.63) is 79.8 Å². The smallest absolute Gasteiger partial charge is 0.333 e. The summed E-state index contributed by atoms with van der Waals surface area (Å²) in [5.74, 6) is -4.55. The van der Waals surface area contributed by atoms with Crippen LogP contribution in [0, 0.1) is 0 Å². The molecule has 12 atom stereocenters. The zero-order valence-corrected chi connectivity index (χ0v) is 52.0. The van der Waals surface area contributed by atoms with Crippen molar-refractivity contribution in [2.45, 2.75) is 149 Å². The van der Waals surface area contributed by atoms with Crippen LogP contribution in [-0.4, -0.2) is 196 Å². The number of H-pyrrole nitrogens is 1. The summed E-state index contributed by atoms with van der Waals surface area (Å²) < 4.78 is 66.7. The molecule has 9 heterocycles. The molecule has 0 unspecified atom stereocenters. The molecule has 3 aliphatic heterocycles. The van der Waals surface area contributed by atoms with Gasteiger partial charge in [-0.2, -0.15) is 24.9 Å². The van der Waals surface area contributed by atoms with Gasteiger partial charge in [0.25, 0.3) is 5.56 Å². The summed E-state index contributed by atoms with van der Waals surface area (Å²) in [5.41, 5.74) is 15.0. The van der Waals surface area contributed by atoms with Gasteiger partial charge in [0.1, 0.15) is 43.7 Å². The first-order chi connectivity index (χ1) is 44.6. The average Bonchev–Trinajstić information content (AvgIpc) is 1.60. The molecule has 3 aliphatic rings. The number of imidazole rings is 3. The molecular formula is C55H71N15O24.